The van der Waals surface area contributed by atoms with Crippen LogP contribution in [-0.4, -0.2) is 65.1 Å². The molecule has 0 fully saturated rings. The number of benzene rings is 4. The molecule has 0 spiro atoms. The molecule has 1 N–H and O–H groups in total. The normalized spacial score (nSPS) is 12.4. The fourth-order valence-electron chi connectivity index (χ4n) is 5.44. The van der Waals surface area contributed by atoms with Gasteiger partial charge in [0.25, 0.3) is 10.0 Å². The van der Waals surface area contributed by atoms with Gasteiger partial charge in [-0.25, -0.2) is 8.42 Å². The lowest BCUT2D eigenvalue weighted by Gasteiger charge is -2.35. The van der Waals surface area contributed by atoms with E-state index < -0.39 is 28.5 Å². The standard InChI is InChI=1S/C38H44ClN3O7S/c1-7-27(3)40-38(44)33(21-28-14-9-8-10-15-28)41(24-29-16-12-11-13-26(29)2)37(43)25-42(32-22-30(39)17-19-34(32)47-4)50(45,46)31-18-20-35(48-5)36(23-31)49-6/h8-20,22-23,27,33H,7,21,24-25H2,1-6H3,(H,40,44)/t27-,33-/m0/s1. The van der Waals surface area contributed by atoms with Crippen molar-refractivity contribution in [2.24, 2.45) is 0 Å². The number of methoxy groups -OCH3 is 3. The van der Waals surface area contributed by atoms with Crippen molar-refractivity contribution in [1.29, 1.82) is 0 Å². The number of ether oxygens (including phenoxy) is 3. The van der Waals surface area contributed by atoms with Crippen LogP contribution in [0.5, 0.6) is 17.2 Å². The third-order valence-corrected chi connectivity index (χ3v) is 10.5. The van der Waals surface area contributed by atoms with E-state index in [1.165, 1.54) is 56.6 Å². The number of amides is 2. The zero-order chi connectivity index (χ0) is 36.4. The van der Waals surface area contributed by atoms with Crippen molar-refractivity contribution in [1.82, 2.24) is 10.2 Å². The summed E-state index contributed by atoms with van der Waals surface area (Å²) < 4.78 is 46.5. The Balaban J connectivity index is 1.89. The molecule has 4 aromatic carbocycles. The maximum Gasteiger partial charge on any atom is 0.265 e. The van der Waals surface area contributed by atoms with Crippen molar-refractivity contribution in [3.05, 3.63) is 113 Å². The van der Waals surface area contributed by atoms with Gasteiger partial charge in [-0.05, 0) is 67.3 Å². The predicted octanol–water partition coefficient (Wildman–Crippen LogP) is 6.42. The SMILES string of the molecule is CC[C@H](C)NC(=O)[C@H](Cc1ccccc1)N(Cc1ccccc1C)C(=O)CN(c1cc(Cl)ccc1OC)S(=O)(=O)c1ccc(OC)c(OC)c1. The molecule has 0 unspecified atom stereocenters. The number of halogens is 1. The van der Waals surface area contributed by atoms with Crippen LogP contribution in [0.2, 0.25) is 5.02 Å². The zero-order valence-corrected chi connectivity index (χ0v) is 30.8. The number of sulfonamides is 1. The Morgan fingerprint density at radius 3 is 2.12 bits per heavy atom. The summed E-state index contributed by atoms with van der Waals surface area (Å²) in [5.41, 5.74) is 2.61. The van der Waals surface area contributed by atoms with Crippen LogP contribution < -0.4 is 23.8 Å². The number of aryl methyl sites for hydroxylation is 1. The van der Waals surface area contributed by atoms with Crippen LogP contribution in [0.3, 0.4) is 0 Å². The molecule has 0 saturated heterocycles. The molecule has 0 aliphatic carbocycles. The Kier molecular flexibility index (Phi) is 13.1. The van der Waals surface area contributed by atoms with Crippen LogP contribution in [0.1, 0.15) is 37.0 Å². The smallest absolute Gasteiger partial charge is 0.265 e. The maximum absolute atomic E-state index is 14.8. The van der Waals surface area contributed by atoms with Crippen molar-refractivity contribution in [2.75, 3.05) is 32.2 Å². The molecule has 0 aromatic heterocycles. The molecule has 10 nitrogen and oxygen atoms in total. The first-order valence-corrected chi connectivity index (χ1v) is 18.0. The lowest BCUT2D eigenvalue weighted by atomic mass is 10.0. The molecule has 0 saturated carbocycles. The summed E-state index contributed by atoms with van der Waals surface area (Å²) in [6, 6.07) is 24.5. The van der Waals surface area contributed by atoms with E-state index in [0.29, 0.717) is 12.2 Å². The summed E-state index contributed by atoms with van der Waals surface area (Å²) in [5, 5.41) is 3.28. The first-order valence-electron chi connectivity index (χ1n) is 16.2. The van der Waals surface area contributed by atoms with E-state index >= 15 is 0 Å². The van der Waals surface area contributed by atoms with E-state index in [1.54, 1.807) is 6.07 Å². The maximum atomic E-state index is 14.8. The van der Waals surface area contributed by atoms with Crippen LogP contribution in [0, 0.1) is 6.92 Å². The highest BCUT2D eigenvalue weighted by molar-refractivity contribution is 7.92. The van der Waals surface area contributed by atoms with E-state index in [-0.39, 0.29) is 52.0 Å². The average molecular weight is 722 g/mol. The molecule has 50 heavy (non-hydrogen) atoms. The lowest BCUT2D eigenvalue weighted by molar-refractivity contribution is -0.140. The number of hydrogen-bond acceptors (Lipinski definition) is 7. The summed E-state index contributed by atoms with van der Waals surface area (Å²) in [7, 11) is -0.245. The molecule has 266 valence electrons. The van der Waals surface area contributed by atoms with Crippen LogP contribution >= 0.6 is 11.6 Å². The molecular formula is C38H44ClN3O7S. The fraction of sp³-hybridized carbons (Fsp3) is 0.316. The van der Waals surface area contributed by atoms with Gasteiger partial charge in [-0.3, -0.25) is 13.9 Å². The van der Waals surface area contributed by atoms with Gasteiger partial charge in [-0.15, -0.1) is 0 Å². The Bertz CT molecular complexity index is 1890. The minimum atomic E-state index is -4.49. The lowest BCUT2D eigenvalue weighted by Crippen LogP contribution is -2.54. The molecule has 4 rings (SSSR count). The van der Waals surface area contributed by atoms with E-state index in [0.717, 1.165) is 21.0 Å². The van der Waals surface area contributed by atoms with Gasteiger partial charge in [-0.1, -0.05) is 73.1 Å². The molecular weight excluding hydrogens is 678 g/mol. The van der Waals surface area contributed by atoms with Crippen molar-refractivity contribution in [3.8, 4) is 17.2 Å². The molecule has 0 heterocycles. The quantitative estimate of drug-likeness (QED) is 0.142. The van der Waals surface area contributed by atoms with Gasteiger partial charge in [0.15, 0.2) is 11.5 Å². The molecule has 0 bridgehead atoms. The van der Waals surface area contributed by atoms with Crippen molar-refractivity contribution >= 4 is 39.1 Å². The minimum Gasteiger partial charge on any atom is -0.495 e. The van der Waals surface area contributed by atoms with Crippen molar-refractivity contribution < 1.29 is 32.2 Å². The topological polar surface area (TPSA) is 114 Å². The van der Waals surface area contributed by atoms with Crippen molar-refractivity contribution in [3.63, 3.8) is 0 Å². The molecule has 2 amide bonds. The third-order valence-electron chi connectivity index (χ3n) is 8.51. The van der Waals surface area contributed by atoms with E-state index in [9.17, 15) is 18.0 Å². The zero-order valence-electron chi connectivity index (χ0n) is 29.2. The molecule has 0 aliphatic rings. The van der Waals surface area contributed by atoms with Gasteiger partial charge in [0, 0.05) is 30.1 Å². The van der Waals surface area contributed by atoms with E-state index in [1.807, 2.05) is 75.4 Å². The Labute approximate surface area is 300 Å². The van der Waals surface area contributed by atoms with E-state index in [2.05, 4.69) is 5.32 Å². The van der Waals surface area contributed by atoms with Crippen LogP contribution in [0.15, 0.2) is 95.9 Å². The highest BCUT2D eigenvalue weighted by Gasteiger charge is 2.36. The minimum absolute atomic E-state index is 0.0441. The monoisotopic (exact) mass is 721 g/mol. The second-order valence-electron chi connectivity index (χ2n) is 11.8. The number of anilines is 1. The van der Waals surface area contributed by atoms with Crippen LogP contribution in [0.25, 0.3) is 0 Å². The van der Waals surface area contributed by atoms with Gasteiger partial charge in [0.2, 0.25) is 11.8 Å². The van der Waals surface area contributed by atoms with Gasteiger partial charge in [0.05, 0.1) is 31.9 Å². The Morgan fingerprint density at radius 2 is 1.48 bits per heavy atom. The molecule has 0 radical (unpaired) electrons. The molecule has 0 aliphatic heterocycles. The second-order valence-corrected chi connectivity index (χ2v) is 14.1. The number of carbonyl (C=O) groups is 2. The predicted molar refractivity (Wildman–Crippen MR) is 196 cm³/mol. The van der Waals surface area contributed by atoms with Gasteiger partial charge >= 0.3 is 0 Å². The Hall–Kier alpha value is -4.74. The first-order chi connectivity index (χ1) is 23.9. The second kappa shape index (κ2) is 17.3. The summed E-state index contributed by atoms with van der Waals surface area (Å²) in [4.78, 5) is 30.2. The number of nitrogens with one attached hydrogen (secondary N) is 1. The van der Waals surface area contributed by atoms with E-state index in [4.69, 9.17) is 25.8 Å². The van der Waals surface area contributed by atoms with Gasteiger partial charge < -0.3 is 24.4 Å². The van der Waals surface area contributed by atoms with Crippen molar-refractivity contribution in [2.45, 2.75) is 57.1 Å². The highest BCUT2D eigenvalue weighted by Crippen LogP contribution is 2.37. The number of rotatable bonds is 16. The summed E-state index contributed by atoms with van der Waals surface area (Å²) >= 11 is 6.41. The number of carbonyl (C=O) groups excluding carboxylic acids is 2. The average Bonchev–Trinajstić information content (AvgIpc) is 3.12. The molecule has 4 aromatic rings. The largest absolute Gasteiger partial charge is 0.495 e. The van der Waals surface area contributed by atoms with Gasteiger partial charge in [0.1, 0.15) is 18.3 Å². The fourth-order valence-corrected chi connectivity index (χ4v) is 7.04. The summed E-state index contributed by atoms with van der Waals surface area (Å²) in [6.07, 6.45) is 0.880. The van der Waals surface area contributed by atoms with Gasteiger partial charge in [-0.2, -0.15) is 0 Å². The molecule has 2 atom stereocenters. The van der Waals surface area contributed by atoms with Crippen LogP contribution in [0.4, 0.5) is 5.69 Å². The summed E-state index contributed by atoms with van der Waals surface area (Å²) in [6.45, 7) is 5.15. The third kappa shape index (κ3) is 9.08. The number of hydrogen-bond donors (Lipinski definition) is 1. The molecule has 12 heteroatoms. The first kappa shape index (κ1) is 38.1. The van der Waals surface area contributed by atoms with Crippen LogP contribution in [-0.2, 0) is 32.6 Å². The number of nitrogens with zero attached hydrogens (tertiary/aromatic N) is 2. The highest BCUT2D eigenvalue weighted by atomic mass is 35.5. The summed E-state index contributed by atoms with van der Waals surface area (Å²) in [5.74, 6) is -0.273. The Morgan fingerprint density at radius 1 is 0.840 bits per heavy atom.